The predicted octanol–water partition coefficient (Wildman–Crippen LogP) is 2.74. The highest BCUT2D eigenvalue weighted by Gasteiger charge is 2.10. The topological polar surface area (TPSA) is 34.9 Å². The van der Waals surface area contributed by atoms with Gasteiger partial charge in [0.1, 0.15) is 0 Å². The Bertz CT molecular complexity index is 579. The van der Waals surface area contributed by atoms with E-state index in [9.17, 15) is 4.79 Å². The maximum Gasteiger partial charge on any atom is 0.269 e. The van der Waals surface area contributed by atoms with Crippen LogP contribution in [0.3, 0.4) is 0 Å². The second kappa shape index (κ2) is 6.05. The molecule has 2 aromatic rings. The average Bonchev–Trinajstić information content (AvgIpc) is 2.41. The molecule has 2 rings (SSSR count). The molecule has 0 aliphatic heterocycles. The van der Waals surface area contributed by atoms with Crippen molar-refractivity contribution in [1.82, 2.24) is 9.55 Å². The summed E-state index contributed by atoms with van der Waals surface area (Å²) in [5, 5.41) is 0. The molecule has 0 aliphatic carbocycles. The van der Waals surface area contributed by atoms with Gasteiger partial charge in [0, 0.05) is 6.54 Å². The zero-order valence-electron chi connectivity index (χ0n) is 10.5. The van der Waals surface area contributed by atoms with Crippen molar-refractivity contribution in [1.29, 1.82) is 0 Å². The van der Waals surface area contributed by atoms with Crippen molar-refractivity contribution in [2.45, 2.75) is 26.3 Å². The van der Waals surface area contributed by atoms with Crippen LogP contribution in [0.15, 0.2) is 35.3 Å². The van der Waals surface area contributed by atoms with Gasteiger partial charge in [-0.3, -0.25) is 4.79 Å². The molecule has 0 fully saturated rings. The number of benzene rings is 1. The van der Waals surface area contributed by atoms with E-state index in [0.29, 0.717) is 5.92 Å². The molecular formula is C14H18N2OS. The lowest BCUT2D eigenvalue weighted by atomic mass is 10.1. The van der Waals surface area contributed by atoms with Crippen molar-refractivity contribution >= 4 is 23.7 Å². The van der Waals surface area contributed by atoms with E-state index in [4.69, 9.17) is 0 Å². The van der Waals surface area contributed by atoms with Crippen molar-refractivity contribution in [2.24, 2.45) is 5.92 Å². The third-order valence-corrected chi connectivity index (χ3v) is 3.66. The van der Waals surface area contributed by atoms with Crippen molar-refractivity contribution in [3.05, 3.63) is 40.8 Å². The van der Waals surface area contributed by atoms with Gasteiger partial charge >= 0.3 is 0 Å². The summed E-state index contributed by atoms with van der Waals surface area (Å²) in [5.41, 5.74) is 1.75. The fraction of sp³-hybridized carbons (Fsp3) is 0.429. The zero-order chi connectivity index (χ0) is 13.0. The highest BCUT2D eigenvalue weighted by molar-refractivity contribution is 7.80. The van der Waals surface area contributed by atoms with Crippen molar-refractivity contribution in [2.75, 3.05) is 5.75 Å². The monoisotopic (exact) mass is 262 g/mol. The van der Waals surface area contributed by atoms with Crippen LogP contribution in [0.2, 0.25) is 0 Å². The lowest BCUT2D eigenvalue weighted by Crippen LogP contribution is -2.25. The van der Waals surface area contributed by atoms with E-state index < -0.39 is 0 Å². The fourth-order valence-electron chi connectivity index (χ4n) is 2.21. The minimum atomic E-state index is -0.0309. The Morgan fingerprint density at radius 2 is 2.17 bits per heavy atom. The summed E-state index contributed by atoms with van der Waals surface area (Å²) in [6.07, 6.45) is 3.61. The number of hydrogen-bond donors (Lipinski definition) is 1. The minimum absolute atomic E-state index is 0.0309. The highest BCUT2D eigenvalue weighted by atomic mass is 32.1. The van der Waals surface area contributed by atoms with E-state index in [2.05, 4.69) is 24.5 Å². The maximum absolute atomic E-state index is 12.0. The Morgan fingerprint density at radius 3 is 2.89 bits per heavy atom. The van der Waals surface area contributed by atoms with Crippen LogP contribution in [0.5, 0.6) is 0 Å². The molecule has 0 amide bonds. The third-order valence-electron chi connectivity index (χ3n) is 3.15. The van der Waals surface area contributed by atoms with Gasteiger partial charge in [-0.1, -0.05) is 25.5 Å². The molecule has 3 nitrogen and oxygen atoms in total. The molecular weight excluding hydrogens is 244 g/mol. The smallest absolute Gasteiger partial charge is 0.269 e. The van der Waals surface area contributed by atoms with Gasteiger partial charge in [-0.25, -0.2) is 4.98 Å². The quantitative estimate of drug-likeness (QED) is 0.841. The van der Waals surface area contributed by atoms with Crippen LogP contribution in [-0.2, 0) is 6.54 Å². The number of aromatic nitrogens is 2. The Hall–Kier alpha value is -1.29. The molecule has 0 saturated carbocycles. The first-order valence-electron chi connectivity index (χ1n) is 6.31. The molecule has 96 valence electrons. The lowest BCUT2D eigenvalue weighted by Gasteiger charge is -2.16. The van der Waals surface area contributed by atoms with Gasteiger partial charge in [0.15, 0.2) is 0 Å². The van der Waals surface area contributed by atoms with Crippen molar-refractivity contribution in [3.8, 4) is 0 Å². The number of rotatable bonds is 5. The van der Waals surface area contributed by atoms with Crippen LogP contribution >= 0.6 is 12.6 Å². The molecule has 1 unspecified atom stereocenters. The van der Waals surface area contributed by atoms with E-state index >= 15 is 0 Å². The molecule has 0 bridgehead atoms. The van der Waals surface area contributed by atoms with Gasteiger partial charge in [0.2, 0.25) is 0 Å². The summed E-state index contributed by atoms with van der Waals surface area (Å²) < 4.78 is 1.82. The summed E-state index contributed by atoms with van der Waals surface area (Å²) in [5.74, 6) is 1.23. The SMILES string of the molecule is CCCC(CS)Cn1c(=O)cnc2ccccc21. The average molecular weight is 262 g/mol. The van der Waals surface area contributed by atoms with E-state index in [1.54, 1.807) is 0 Å². The van der Waals surface area contributed by atoms with E-state index in [0.717, 1.165) is 36.2 Å². The largest absolute Gasteiger partial charge is 0.305 e. The molecule has 0 saturated heterocycles. The molecule has 1 aromatic heterocycles. The molecule has 0 spiro atoms. The van der Waals surface area contributed by atoms with Crippen LogP contribution in [-0.4, -0.2) is 15.3 Å². The number of nitrogens with zero attached hydrogens (tertiary/aromatic N) is 2. The Labute approximate surface area is 112 Å². The van der Waals surface area contributed by atoms with Crippen LogP contribution in [0.1, 0.15) is 19.8 Å². The summed E-state index contributed by atoms with van der Waals surface area (Å²) >= 11 is 4.38. The van der Waals surface area contributed by atoms with Gasteiger partial charge in [-0.05, 0) is 30.2 Å². The van der Waals surface area contributed by atoms with Crippen LogP contribution in [0.25, 0.3) is 11.0 Å². The number of fused-ring (bicyclic) bond motifs is 1. The van der Waals surface area contributed by atoms with E-state index in [-0.39, 0.29) is 5.56 Å². The molecule has 0 aliphatic rings. The summed E-state index contributed by atoms with van der Waals surface area (Å²) in [4.78, 5) is 16.1. The molecule has 1 heterocycles. The third kappa shape index (κ3) is 2.75. The Balaban J connectivity index is 2.42. The van der Waals surface area contributed by atoms with E-state index in [1.165, 1.54) is 6.20 Å². The normalized spacial score (nSPS) is 12.8. The Morgan fingerprint density at radius 1 is 1.39 bits per heavy atom. The first kappa shape index (κ1) is 13.1. The Kier molecular flexibility index (Phi) is 4.42. The van der Waals surface area contributed by atoms with Gasteiger partial charge in [-0.2, -0.15) is 12.6 Å². The molecule has 0 radical (unpaired) electrons. The zero-order valence-corrected chi connectivity index (χ0v) is 11.4. The van der Waals surface area contributed by atoms with Gasteiger partial charge in [-0.15, -0.1) is 0 Å². The van der Waals surface area contributed by atoms with E-state index in [1.807, 2.05) is 28.8 Å². The fourth-order valence-corrected chi connectivity index (χ4v) is 2.51. The molecule has 4 heteroatoms. The van der Waals surface area contributed by atoms with Gasteiger partial charge < -0.3 is 4.57 Å². The molecule has 1 aromatic carbocycles. The second-order valence-corrected chi connectivity index (χ2v) is 4.90. The number of para-hydroxylation sites is 2. The maximum atomic E-state index is 12.0. The molecule has 0 N–H and O–H groups in total. The van der Waals surface area contributed by atoms with Crippen molar-refractivity contribution in [3.63, 3.8) is 0 Å². The van der Waals surface area contributed by atoms with Crippen LogP contribution in [0.4, 0.5) is 0 Å². The molecule has 18 heavy (non-hydrogen) atoms. The first-order chi connectivity index (χ1) is 8.76. The standard InChI is InChI=1S/C14H18N2OS/c1-2-5-11(10-18)9-16-13-7-4-3-6-12(13)15-8-14(16)17/h3-4,6-8,11,18H,2,5,9-10H2,1H3. The summed E-state index contributed by atoms with van der Waals surface area (Å²) in [6, 6.07) is 7.76. The van der Waals surface area contributed by atoms with Gasteiger partial charge in [0.25, 0.3) is 5.56 Å². The predicted molar refractivity (Wildman–Crippen MR) is 78.3 cm³/mol. The number of thiol groups is 1. The minimum Gasteiger partial charge on any atom is -0.305 e. The molecule has 1 atom stereocenters. The highest BCUT2D eigenvalue weighted by Crippen LogP contribution is 2.14. The lowest BCUT2D eigenvalue weighted by molar-refractivity contribution is 0.453. The van der Waals surface area contributed by atoms with Crippen LogP contribution < -0.4 is 5.56 Å². The summed E-state index contributed by atoms with van der Waals surface area (Å²) in [6.45, 7) is 2.88. The van der Waals surface area contributed by atoms with Crippen molar-refractivity contribution < 1.29 is 0 Å². The first-order valence-corrected chi connectivity index (χ1v) is 6.95. The van der Waals surface area contributed by atoms with Crippen LogP contribution in [0, 0.1) is 5.92 Å². The summed E-state index contributed by atoms with van der Waals surface area (Å²) in [7, 11) is 0. The number of hydrogen-bond acceptors (Lipinski definition) is 3. The second-order valence-electron chi connectivity index (χ2n) is 4.53. The van der Waals surface area contributed by atoms with Gasteiger partial charge in [0.05, 0.1) is 17.2 Å².